The third-order valence-electron chi connectivity index (χ3n) is 6.84. The Morgan fingerprint density at radius 3 is 2.00 bits per heavy atom. The molecule has 1 fully saturated rings. The molecule has 0 spiro atoms. The van der Waals surface area contributed by atoms with Crippen LogP contribution >= 0.6 is 0 Å². The second-order valence-electron chi connectivity index (χ2n) is 9.46. The van der Waals surface area contributed by atoms with Crippen molar-refractivity contribution in [3.63, 3.8) is 0 Å². The summed E-state index contributed by atoms with van der Waals surface area (Å²) in [5.74, 6) is -0.187. The summed E-state index contributed by atoms with van der Waals surface area (Å²) in [4.78, 5) is 17.9. The lowest BCUT2D eigenvalue weighted by atomic mass is 10.1. The molecular weight excluding hydrogens is 482 g/mol. The largest absolute Gasteiger partial charge is 0.339 e. The molecule has 0 unspecified atom stereocenters. The molecule has 0 radical (unpaired) electrons. The van der Waals surface area contributed by atoms with Gasteiger partial charge in [0.1, 0.15) is 6.04 Å². The first-order valence-electron chi connectivity index (χ1n) is 12.6. The van der Waals surface area contributed by atoms with Gasteiger partial charge in [0.25, 0.3) is 0 Å². The van der Waals surface area contributed by atoms with E-state index in [2.05, 4.69) is 21.8 Å². The fourth-order valence-corrected chi connectivity index (χ4v) is 6.03. The molecule has 0 aromatic heterocycles. The van der Waals surface area contributed by atoms with Gasteiger partial charge in [0.05, 0.1) is 4.90 Å². The van der Waals surface area contributed by atoms with E-state index in [1.807, 2.05) is 72.8 Å². The summed E-state index contributed by atoms with van der Waals surface area (Å²) in [5.41, 5.74) is 2.15. The average Bonchev–Trinajstić information content (AvgIpc) is 2.93. The zero-order valence-corrected chi connectivity index (χ0v) is 21.5. The first-order valence-corrected chi connectivity index (χ1v) is 14.1. The molecule has 1 heterocycles. The standard InChI is InChI=1S/C30H31N3O3S/c34-30(33-19-17-32(18-20-33)23-25-11-5-2-6-12-25)29(21-24-9-3-1-4-10-24)31-37(35,36)28-16-15-26-13-7-8-14-27(26)22-28/h1-16,22,29,31H,17-21,23H2/t29-/m0/s1. The number of hydrogen-bond acceptors (Lipinski definition) is 4. The molecule has 190 valence electrons. The van der Waals surface area contributed by atoms with Crippen molar-refractivity contribution in [2.75, 3.05) is 26.2 Å². The molecule has 4 aromatic carbocycles. The Morgan fingerprint density at radius 1 is 0.730 bits per heavy atom. The lowest BCUT2D eigenvalue weighted by Gasteiger charge is -2.36. The third kappa shape index (κ3) is 6.25. The number of nitrogens with zero attached hydrogens (tertiary/aromatic N) is 2. The molecule has 1 aliphatic rings. The van der Waals surface area contributed by atoms with Crippen molar-refractivity contribution in [2.24, 2.45) is 0 Å². The molecule has 4 aromatic rings. The predicted molar refractivity (Wildman–Crippen MR) is 147 cm³/mol. The van der Waals surface area contributed by atoms with Crippen molar-refractivity contribution in [3.8, 4) is 0 Å². The van der Waals surface area contributed by atoms with E-state index >= 15 is 0 Å². The van der Waals surface area contributed by atoms with Gasteiger partial charge < -0.3 is 4.90 Å². The zero-order chi connectivity index (χ0) is 25.7. The zero-order valence-electron chi connectivity index (χ0n) is 20.7. The molecule has 1 saturated heterocycles. The first-order chi connectivity index (χ1) is 18.0. The molecule has 7 heteroatoms. The summed E-state index contributed by atoms with van der Waals surface area (Å²) in [6.07, 6.45) is 0.288. The van der Waals surface area contributed by atoms with Gasteiger partial charge in [-0.1, -0.05) is 91.0 Å². The fraction of sp³-hybridized carbons (Fsp3) is 0.233. The highest BCUT2D eigenvalue weighted by Crippen LogP contribution is 2.20. The lowest BCUT2D eigenvalue weighted by Crippen LogP contribution is -2.55. The first kappa shape index (κ1) is 25.1. The minimum Gasteiger partial charge on any atom is -0.339 e. The van der Waals surface area contributed by atoms with Gasteiger partial charge in [0, 0.05) is 32.7 Å². The number of sulfonamides is 1. The molecule has 0 bridgehead atoms. The molecule has 0 saturated carbocycles. The van der Waals surface area contributed by atoms with Crippen molar-refractivity contribution >= 4 is 26.7 Å². The van der Waals surface area contributed by atoms with Crippen LogP contribution in [0.5, 0.6) is 0 Å². The van der Waals surface area contributed by atoms with Crippen LogP contribution in [0.4, 0.5) is 0 Å². The van der Waals surface area contributed by atoms with Crippen molar-refractivity contribution in [1.29, 1.82) is 0 Å². The summed E-state index contributed by atoms with van der Waals surface area (Å²) in [5, 5.41) is 1.80. The number of carbonyl (C=O) groups excluding carboxylic acids is 1. The number of nitrogens with one attached hydrogen (secondary N) is 1. The number of rotatable bonds is 8. The molecule has 5 rings (SSSR count). The van der Waals surface area contributed by atoms with Crippen LogP contribution in [0.3, 0.4) is 0 Å². The highest BCUT2D eigenvalue weighted by molar-refractivity contribution is 7.89. The maximum atomic E-state index is 13.7. The number of carbonyl (C=O) groups is 1. The molecular formula is C30H31N3O3S. The van der Waals surface area contributed by atoms with Gasteiger partial charge in [0.2, 0.25) is 15.9 Å². The minimum absolute atomic E-state index is 0.157. The fourth-order valence-electron chi connectivity index (χ4n) is 4.81. The van der Waals surface area contributed by atoms with Crippen molar-refractivity contribution in [3.05, 3.63) is 114 Å². The van der Waals surface area contributed by atoms with Gasteiger partial charge in [0.15, 0.2) is 0 Å². The smallest absolute Gasteiger partial charge is 0.241 e. The normalized spacial score (nSPS) is 15.5. The Bertz CT molecular complexity index is 1450. The number of fused-ring (bicyclic) bond motifs is 1. The summed E-state index contributed by atoms with van der Waals surface area (Å²) >= 11 is 0. The van der Waals surface area contributed by atoms with Crippen LogP contribution in [0.1, 0.15) is 11.1 Å². The second-order valence-corrected chi connectivity index (χ2v) is 11.2. The van der Waals surface area contributed by atoms with Crippen LogP contribution in [0.2, 0.25) is 0 Å². The Morgan fingerprint density at radius 2 is 1.32 bits per heavy atom. The van der Waals surface area contributed by atoms with Crippen molar-refractivity contribution in [2.45, 2.75) is 23.9 Å². The van der Waals surface area contributed by atoms with E-state index in [0.717, 1.165) is 36.0 Å². The monoisotopic (exact) mass is 513 g/mol. The molecule has 1 aliphatic heterocycles. The van der Waals surface area contributed by atoms with Crippen LogP contribution < -0.4 is 4.72 Å². The number of amides is 1. The van der Waals surface area contributed by atoms with Crippen LogP contribution in [-0.2, 0) is 27.8 Å². The Hall–Kier alpha value is -3.52. The highest BCUT2D eigenvalue weighted by Gasteiger charge is 2.31. The molecule has 37 heavy (non-hydrogen) atoms. The lowest BCUT2D eigenvalue weighted by molar-refractivity contribution is -0.134. The van der Waals surface area contributed by atoms with Crippen LogP contribution in [0, 0.1) is 0 Å². The van der Waals surface area contributed by atoms with E-state index in [9.17, 15) is 13.2 Å². The van der Waals surface area contributed by atoms with E-state index in [0.29, 0.717) is 13.1 Å². The quantitative estimate of drug-likeness (QED) is 0.386. The van der Waals surface area contributed by atoms with Gasteiger partial charge in [-0.05, 0) is 40.5 Å². The maximum absolute atomic E-state index is 13.7. The van der Waals surface area contributed by atoms with E-state index in [-0.39, 0.29) is 17.2 Å². The van der Waals surface area contributed by atoms with Gasteiger partial charge in [-0.25, -0.2) is 8.42 Å². The number of benzene rings is 4. The topological polar surface area (TPSA) is 69.7 Å². The van der Waals surface area contributed by atoms with E-state index < -0.39 is 16.1 Å². The predicted octanol–water partition coefficient (Wildman–Crippen LogP) is 4.07. The molecule has 0 aliphatic carbocycles. The van der Waals surface area contributed by atoms with Crippen LogP contribution in [-0.4, -0.2) is 56.3 Å². The van der Waals surface area contributed by atoms with Crippen LogP contribution in [0.15, 0.2) is 108 Å². The van der Waals surface area contributed by atoms with Gasteiger partial charge in [-0.2, -0.15) is 4.72 Å². The molecule has 1 amide bonds. The number of hydrogen-bond donors (Lipinski definition) is 1. The maximum Gasteiger partial charge on any atom is 0.241 e. The molecule has 6 nitrogen and oxygen atoms in total. The van der Waals surface area contributed by atoms with Gasteiger partial charge >= 0.3 is 0 Å². The summed E-state index contributed by atoms with van der Waals surface area (Å²) in [6, 6.07) is 31.6. The van der Waals surface area contributed by atoms with Gasteiger partial charge in [-0.3, -0.25) is 9.69 Å². The highest BCUT2D eigenvalue weighted by atomic mass is 32.2. The summed E-state index contributed by atoms with van der Waals surface area (Å²) in [6.45, 7) is 3.46. The van der Waals surface area contributed by atoms with E-state index in [4.69, 9.17) is 0 Å². The third-order valence-corrected chi connectivity index (χ3v) is 8.31. The Kier molecular flexibility index (Phi) is 7.65. The minimum atomic E-state index is -3.91. The van der Waals surface area contributed by atoms with Gasteiger partial charge in [-0.15, -0.1) is 0 Å². The van der Waals surface area contributed by atoms with Crippen molar-refractivity contribution < 1.29 is 13.2 Å². The SMILES string of the molecule is O=C([C@H](Cc1ccccc1)NS(=O)(=O)c1ccc2ccccc2c1)N1CCN(Cc2ccccc2)CC1. The average molecular weight is 514 g/mol. The van der Waals surface area contributed by atoms with Crippen LogP contribution in [0.25, 0.3) is 10.8 Å². The Balaban J connectivity index is 1.32. The molecule has 1 atom stereocenters. The van der Waals surface area contributed by atoms with E-state index in [1.165, 1.54) is 5.56 Å². The molecule has 1 N–H and O–H groups in total. The summed E-state index contributed by atoms with van der Waals surface area (Å²) in [7, 11) is -3.91. The number of piperazine rings is 1. The second kappa shape index (κ2) is 11.3. The summed E-state index contributed by atoms with van der Waals surface area (Å²) < 4.78 is 29.6. The van der Waals surface area contributed by atoms with E-state index in [1.54, 1.807) is 23.1 Å². The van der Waals surface area contributed by atoms with Crippen molar-refractivity contribution in [1.82, 2.24) is 14.5 Å². The Labute approximate surface area is 218 Å².